The van der Waals surface area contributed by atoms with Crippen LogP contribution in [0.5, 0.6) is 5.75 Å². The van der Waals surface area contributed by atoms with E-state index < -0.39 is 18.1 Å². The lowest BCUT2D eigenvalue weighted by Gasteiger charge is -2.18. The summed E-state index contributed by atoms with van der Waals surface area (Å²) in [6, 6.07) is 20.1. The summed E-state index contributed by atoms with van der Waals surface area (Å²) in [5.41, 5.74) is 2.82. The van der Waals surface area contributed by atoms with Gasteiger partial charge in [-0.05, 0) is 29.1 Å². The number of benzene rings is 3. The molecule has 0 aliphatic heterocycles. The lowest BCUT2D eigenvalue weighted by atomic mass is 10.1. The molecule has 0 saturated carbocycles. The molecule has 3 aromatic carbocycles. The molecule has 166 valence electrons. The van der Waals surface area contributed by atoms with Gasteiger partial charge in [-0.2, -0.15) is 0 Å². The van der Waals surface area contributed by atoms with Crippen LogP contribution in [0.25, 0.3) is 10.8 Å². The highest BCUT2D eigenvalue weighted by Crippen LogP contribution is 2.27. The van der Waals surface area contributed by atoms with Gasteiger partial charge in [-0.15, -0.1) is 0 Å². The molecule has 0 fully saturated rings. The van der Waals surface area contributed by atoms with E-state index in [4.69, 9.17) is 19.8 Å². The highest BCUT2D eigenvalue weighted by Gasteiger charge is 2.17. The molecule has 3 aromatic rings. The highest BCUT2D eigenvalue weighted by molar-refractivity contribution is 6.00. The summed E-state index contributed by atoms with van der Waals surface area (Å²) in [5.74, 6) is -0.117. The molecule has 3 rings (SSSR count). The van der Waals surface area contributed by atoms with Crippen LogP contribution in [0.3, 0.4) is 0 Å². The molecule has 0 spiro atoms. The Balaban J connectivity index is 1.75. The monoisotopic (exact) mass is 436 g/mol. The molecule has 0 heterocycles. The number of rotatable bonds is 9. The third-order valence-electron chi connectivity index (χ3n) is 4.62. The van der Waals surface area contributed by atoms with Gasteiger partial charge in [-0.1, -0.05) is 54.6 Å². The van der Waals surface area contributed by atoms with Crippen LogP contribution < -0.4 is 15.5 Å². The van der Waals surface area contributed by atoms with Crippen LogP contribution in [0.2, 0.25) is 0 Å². The van der Waals surface area contributed by atoms with Gasteiger partial charge >= 0.3 is 6.09 Å². The molecule has 4 N–H and O–H groups in total. The standard InChI is InChI=1S/C24H24N2O6/c27-15-16-31-19-13-11-18(12-14-19)22(9-4-10-23(28)26-30)32-24(29)25-21-8-3-6-17-5-1-2-7-20(17)21/h1-8,10-14,22,27,30H,9,15-16H2,(H,25,29)(H,26,28)/b10-4+/t22-/m1/s1. The summed E-state index contributed by atoms with van der Waals surface area (Å²) < 4.78 is 11.0. The molecular weight excluding hydrogens is 412 g/mol. The Morgan fingerprint density at radius 1 is 1.00 bits per heavy atom. The van der Waals surface area contributed by atoms with E-state index in [2.05, 4.69) is 5.32 Å². The fourth-order valence-corrected chi connectivity index (χ4v) is 3.13. The Morgan fingerprint density at radius 3 is 2.50 bits per heavy atom. The summed E-state index contributed by atoms with van der Waals surface area (Å²) in [6.45, 7) is 0.0747. The zero-order valence-electron chi connectivity index (χ0n) is 17.2. The van der Waals surface area contributed by atoms with E-state index >= 15 is 0 Å². The van der Waals surface area contributed by atoms with Crippen molar-refractivity contribution in [3.8, 4) is 5.75 Å². The molecule has 0 saturated heterocycles. The minimum absolute atomic E-state index is 0.0977. The van der Waals surface area contributed by atoms with Crippen LogP contribution in [0.1, 0.15) is 18.1 Å². The van der Waals surface area contributed by atoms with Crippen molar-refractivity contribution in [2.24, 2.45) is 0 Å². The maximum Gasteiger partial charge on any atom is 0.412 e. The second-order valence-electron chi connectivity index (χ2n) is 6.80. The highest BCUT2D eigenvalue weighted by atomic mass is 16.6. The number of carbonyl (C=O) groups is 2. The van der Waals surface area contributed by atoms with E-state index in [1.54, 1.807) is 30.3 Å². The Bertz CT molecular complexity index is 1080. The summed E-state index contributed by atoms with van der Waals surface area (Å²) >= 11 is 0. The van der Waals surface area contributed by atoms with Gasteiger partial charge in [0.1, 0.15) is 18.5 Å². The van der Waals surface area contributed by atoms with Gasteiger partial charge < -0.3 is 14.6 Å². The van der Waals surface area contributed by atoms with Crippen molar-refractivity contribution in [3.63, 3.8) is 0 Å². The van der Waals surface area contributed by atoms with Crippen LogP contribution in [0.4, 0.5) is 10.5 Å². The first-order valence-electron chi connectivity index (χ1n) is 10.0. The van der Waals surface area contributed by atoms with Crippen LogP contribution in [0, 0.1) is 0 Å². The number of aliphatic hydroxyl groups excluding tert-OH is 1. The van der Waals surface area contributed by atoms with Gasteiger partial charge in [-0.3, -0.25) is 15.3 Å². The normalized spacial score (nSPS) is 11.8. The number of aliphatic hydroxyl groups is 1. The van der Waals surface area contributed by atoms with Gasteiger partial charge in [-0.25, -0.2) is 10.3 Å². The Kier molecular flexibility index (Phi) is 8.19. The molecular formula is C24H24N2O6. The molecule has 0 aliphatic rings. The molecule has 8 heteroatoms. The third kappa shape index (κ3) is 6.31. The van der Waals surface area contributed by atoms with E-state index in [0.717, 1.165) is 16.8 Å². The second kappa shape index (κ2) is 11.5. The predicted molar refractivity (Wildman–Crippen MR) is 120 cm³/mol. The molecule has 32 heavy (non-hydrogen) atoms. The largest absolute Gasteiger partial charge is 0.491 e. The molecule has 0 bridgehead atoms. The molecule has 2 amide bonds. The number of hydrogen-bond acceptors (Lipinski definition) is 6. The zero-order valence-corrected chi connectivity index (χ0v) is 17.2. The van der Waals surface area contributed by atoms with Crippen molar-refractivity contribution >= 4 is 28.5 Å². The van der Waals surface area contributed by atoms with Gasteiger partial charge in [0.15, 0.2) is 0 Å². The van der Waals surface area contributed by atoms with Crippen molar-refractivity contribution < 1.29 is 29.4 Å². The van der Waals surface area contributed by atoms with Crippen LogP contribution in [-0.4, -0.2) is 35.5 Å². The summed E-state index contributed by atoms with van der Waals surface area (Å²) in [5, 5.41) is 22.2. The van der Waals surface area contributed by atoms with Crippen LogP contribution in [-0.2, 0) is 9.53 Å². The van der Waals surface area contributed by atoms with Crippen molar-refractivity contribution in [3.05, 3.63) is 84.4 Å². The number of anilines is 1. The second-order valence-corrected chi connectivity index (χ2v) is 6.80. The number of hydroxylamine groups is 1. The number of amides is 2. The summed E-state index contributed by atoms with van der Waals surface area (Å²) in [7, 11) is 0. The smallest absolute Gasteiger partial charge is 0.412 e. The first kappa shape index (κ1) is 22.8. The Labute approximate surface area is 185 Å². The third-order valence-corrected chi connectivity index (χ3v) is 4.62. The van der Waals surface area contributed by atoms with Gasteiger partial charge in [0.2, 0.25) is 0 Å². The predicted octanol–water partition coefficient (Wildman–Crippen LogP) is 3.95. The molecule has 0 aromatic heterocycles. The van der Waals surface area contributed by atoms with Gasteiger partial charge in [0.05, 0.1) is 12.3 Å². The molecule has 0 radical (unpaired) electrons. The minimum atomic E-state index is -0.695. The summed E-state index contributed by atoms with van der Waals surface area (Å²) in [4.78, 5) is 23.9. The van der Waals surface area contributed by atoms with Crippen molar-refractivity contribution in [2.45, 2.75) is 12.5 Å². The van der Waals surface area contributed by atoms with E-state index in [0.29, 0.717) is 17.0 Å². The lowest BCUT2D eigenvalue weighted by molar-refractivity contribution is -0.124. The number of hydrogen-bond donors (Lipinski definition) is 4. The number of fused-ring (bicyclic) bond motifs is 1. The first-order valence-corrected chi connectivity index (χ1v) is 10.0. The molecule has 8 nitrogen and oxygen atoms in total. The maximum absolute atomic E-state index is 12.7. The average Bonchev–Trinajstić information content (AvgIpc) is 2.82. The van der Waals surface area contributed by atoms with Gasteiger partial charge in [0.25, 0.3) is 5.91 Å². The van der Waals surface area contributed by atoms with Crippen molar-refractivity contribution in [1.82, 2.24) is 5.48 Å². The minimum Gasteiger partial charge on any atom is -0.491 e. The van der Waals surface area contributed by atoms with E-state index in [1.807, 2.05) is 36.4 Å². The lowest BCUT2D eigenvalue weighted by Crippen LogP contribution is -2.18. The average molecular weight is 436 g/mol. The van der Waals surface area contributed by atoms with Crippen LogP contribution >= 0.6 is 0 Å². The summed E-state index contributed by atoms with van der Waals surface area (Å²) in [6.07, 6.45) is 1.51. The van der Waals surface area contributed by atoms with Crippen molar-refractivity contribution in [1.29, 1.82) is 0 Å². The van der Waals surface area contributed by atoms with E-state index in [9.17, 15) is 9.59 Å². The topological polar surface area (TPSA) is 117 Å². The Hall–Kier alpha value is -3.88. The van der Waals surface area contributed by atoms with E-state index in [-0.39, 0.29) is 19.6 Å². The first-order chi connectivity index (χ1) is 15.6. The fourth-order valence-electron chi connectivity index (χ4n) is 3.13. The molecule has 1 atom stereocenters. The quantitative estimate of drug-likeness (QED) is 0.229. The van der Waals surface area contributed by atoms with Crippen LogP contribution in [0.15, 0.2) is 78.9 Å². The zero-order chi connectivity index (χ0) is 22.8. The number of carbonyl (C=O) groups excluding carboxylic acids is 2. The SMILES string of the molecule is O=C(/C=C/C[C@@H](OC(=O)Nc1cccc2ccccc12)c1ccc(OCCO)cc1)NO. The van der Waals surface area contributed by atoms with Crippen molar-refractivity contribution in [2.75, 3.05) is 18.5 Å². The maximum atomic E-state index is 12.7. The Morgan fingerprint density at radius 2 is 1.75 bits per heavy atom. The molecule has 0 unspecified atom stereocenters. The fraction of sp³-hybridized carbons (Fsp3) is 0.167. The molecule has 0 aliphatic carbocycles. The van der Waals surface area contributed by atoms with E-state index in [1.165, 1.54) is 11.6 Å². The van der Waals surface area contributed by atoms with Gasteiger partial charge in [0, 0.05) is 17.9 Å². The number of ether oxygens (including phenoxy) is 2. The number of nitrogens with one attached hydrogen (secondary N) is 2.